The number of aliphatic carboxylic acids is 1. The van der Waals surface area contributed by atoms with Crippen LogP contribution < -0.4 is 0 Å². The number of benzene rings is 1. The average Bonchev–Trinajstić information content (AvgIpc) is 2.85. The number of nitrogens with one attached hydrogen (secondary N) is 1. The number of para-hydroxylation sites is 1. The van der Waals surface area contributed by atoms with Crippen LogP contribution in [0.4, 0.5) is 0 Å². The Labute approximate surface area is 110 Å². The molecule has 0 saturated heterocycles. The summed E-state index contributed by atoms with van der Waals surface area (Å²) in [6.45, 7) is 3.39. The van der Waals surface area contributed by atoms with Crippen LogP contribution in [-0.2, 0) is 4.79 Å². The lowest BCUT2D eigenvalue weighted by Gasteiger charge is -2.19. The number of hydrogen-bond acceptors (Lipinski definition) is 2. The Kier molecular flexibility index (Phi) is 3.66. The second kappa shape index (κ2) is 5.39. The van der Waals surface area contributed by atoms with E-state index in [1.807, 2.05) is 12.1 Å². The first-order valence-electron chi connectivity index (χ1n) is 5.81. The Morgan fingerprint density at radius 2 is 2.16 bits per heavy atom. The highest BCUT2D eigenvalue weighted by Crippen LogP contribution is 2.18. The standard InChI is InChI=1S/C14H14N2O3/c1-2-8-16(9-12(17)18)14(19)11-5-3-4-10-6-7-15-13(10)11/h2-7,15H,1,8-9H2,(H,17,18). The number of H-pyrrole nitrogens is 1. The Morgan fingerprint density at radius 3 is 2.84 bits per heavy atom. The highest BCUT2D eigenvalue weighted by Gasteiger charge is 2.19. The van der Waals surface area contributed by atoms with E-state index in [1.165, 1.54) is 11.0 Å². The fourth-order valence-electron chi connectivity index (χ4n) is 1.97. The fourth-order valence-corrected chi connectivity index (χ4v) is 1.97. The number of carboxylic acids is 1. The van der Waals surface area contributed by atoms with Crippen LogP contribution in [0.25, 0.3) is 10.9 Å². The number of nitrogens with zero attached hydrogens (tertiary/aromatic N) is 1. The number of aromatic nitrogens is 1. The minimum Gasteiger partial charge on any atom is -0.480 e. The fraction of sp³-hybridized carbons (Fsp3) is 0.143. The maximum absolute atomic E-state index is 12.4. The van der Waals surface area contributed by atoms with E-state index in [-0.39, 0.29) is 19.0 Å². The topological polar surface area (TPSA) is 73.4 Å². The quantitative estimate of drug-likeness (QED) is 0.804. The molecule has 98 valence electrons. The van der Waals surface area contributed by atoms with Gasteiger partial charge in [0.05, 0.1) is 11.1 Å². The predicted molar refractivity (Wildman–Crippen MR) is 72.0 cm³/mol. The van der Waals surface area contributed by atoms with Crippen molar-refractivity contribution >= 4 is 22.8 Å². The number of hydrogen-bond donors (Lipinski definition) is 2. The summed E-state index contributed by atoms with van der Waals surface area (Å²) in [7, 11) is 0. The van der Waals surface area contributed by atoms with Crippen LogP contribution in [-0.4, -0.2) is 40.0 Å². The molecule has 2 N–H and O–H groups in total. The summed E-state index contributed by atoms with van der Waals surface area (Å²) < 4.78 is 0. The molecule has 0 fully saturated rings. The molecule has 0 unspecified atom stereocenters. The SMILES string of the molecule is C=CCN(CC(=O)O)C(=O)c1cccc2cc[nH]c12. The Hall–Kier alpha value is -2.56. The van der Waals surface area contributed by atoms with Crippen LogP contribution in [0.5, 0.6) is 0 Å². The van der Waals surface area contributed by atoms with Gasteiger partial charge in [-0.05, 0) is 12.1 Å². The second-order valence-corrected chi connectivity index (χ2v) is 4.12. The minimum absolute atomic E-state index is 0.197. The van der Waals surface area contributed by atoms with Crippen molar-refractivity contribution in [1.82, 2.24) is 9.88 Å². The molecular formula is C14H14N2O3. The number of aromatic amines is 1. The summed E-state index contributed by atoms with van der Waals surface area (Å²) in [5.41, 5.74) is 1.18. The van der Waals surface area contributed by atoms with Gasteiger partial charge in [-0.1, -0.05) is 18.2 Å². The molecule has 1 heterocycles. The van der Waals surface area contributed by atoms with Crippen LogP contribution in [0.2, 0.25) is 0 Å². The summed E-state index contributed by atoms with van der Waals surface area (Å²) in [5, 5.41) is 9.76. The number of amides is 1. The first kappa shape index (κ1) is 12.9. The van der Waals surface area contributed by atoms with Crippen molar-refractivity contribution < 1.29 is 14.7 Å². The van der Waals surface area contributed by atoms with Gasteiger partial charge in [-0.25, -0.2) is 0 Å². The molecule has 0 radical (unpaired) electrons. The lowest BCUT2D eigenvalue weighted by molar-refractivity contribution is -0.137. The van der Waals surface area contributed by atoms with E-state index < -0.39 is 5.97 Å². The van der Waals surface area contributed by atoms with Crippen molar-refractivity contribution in [3.8, 4) is 0 Å². The van der Waals surface area contributed by atoms with Crippen molar-refractivity contribution in [3.63, 3.8) is 0 Å². The predicted octanol–water partition coefficient (Wildman–Crippen LogP) is 1.88. The van der Waals surface area contributed by atoms with Crippen LogP contribution in [0.3, 0.4) is 0 Å². The molecular weight excluding hydrogens is 244 g/mol. The van der Waals surface area contributed by atoms with Gasteiger partial charge in [-0.15, -0.1) is 6.58 Å². The summed E-state index contributed by atoms with van der Waals surface area (Å²) in [5.74, 6) is -1.37. The number of carboxylic acid groups (broad SMARTS) is 1. The second-order valence-electron chi connectivity index (χ2n) is 4.12. The molecule has 0 spiro atoms. The molecule has 1 amide bonds. The Balaban J connectivity index is 2.37. The maximum Gasteiger partial charge on any atom is 0.323 e. The van der Waals surface area contributed by atoms with Gasteiger partial charge in [0.1, 0.15) is 6.54 Å². The molecule has 1 aromatic heterocycles. The van der Waals surface area contributed by atoms with Crippen molar-refractivity contribution in [3.05, 3.63) is 48.7 Å². The highest BCUT2D eigenvalue weighted by molar-refractivity contribution is 6.06. The van der Waals surface area contributed by atoms with Crippen LogP contribution >= 0.6 is 0 Å². The molecule has 0 saturated carbocycles. The zero-order valence-electron chi connectivity index (χ0n) is 10.3. The highest BCUT2D eigenvalue weighted by atomic mass is 16.4. The van der Waals surface area contributed by atoms with Crippen molar-refractivity contribution in [2.45, 2.75) is 0 Å². The van der Waals surface area contributed by atoms with E-state index in [4.69, 9.17) is 5.11 Å². The van der Waals surface area contributed by atoms with E-state index in [0.29, 0.717) is 11.1 Å². The van der Waals surface area contributed by atoms with Crippen molar-refractivity contribution in [2.75, 3.05) is 13.1 Å². The summed E-state index contributed by atoms with van der Waals surface area (Å²) in [6.07, 6.45) is 3.26. The third kappa shape index (κ3) is 2.65. The third-order valence-electron chi connectivity index (χ3n) is 2.78. The van der Waals surface area contributed by atoms with Crippen LogP contribution in [0, 0.1) is 0 Å². The van der Waals surface area contributed by atoms with Crippen molar-refractivity contribution in [1.29, 1.82) is 0 Å². The molecule has 2 aromatic rings. The number of fused-ring (bicyclic) bond motifs is 1. The van der Waals surface area contributed by atoms with E-state index >= 15 is 0 Å². The number of carbonyl (C=O) groups is 2. The minimum atomic E-state index is -1.05. The van der Waals surface area contributed by atoms with Gasteiger partial charge in [0.15, 0.2) is 0 Å². The molecule has 5 nitrogen and oxygen atoms in total. The van der Waals surface area contributed by atoms with Gasteiger partial charge in [-0.3, -0.25) is 9.59 Å². The zero-order valence-corrected chi connectivity index (χ0v) is 10.3. The zero-order chi connectivity index (χ0) is 13.8. The van der Waals surface area contributed by atoms with Crippen LogP contribution in [0.15, 0.2) is 43.1 Å². The summed E-state index contributed by atoms with van der Waals surface area (Å²) in [4.78, 5) is 27.4. The average molecular weight is 258 g/mol. The molecule has 0 bridgehead atoms. The van der Waals surface area contributed by atoms with E-state index in [1.54, 1.807) is 18.3 Å². The lowest BCUT2D eigenvalue weighted by Crippen LogP contribution is -2.35. The lowest BCUT2D eigenvalue weighted by atomic mass is 10.1. The van der Waals surface area contributed by atoms with Gasteiger partial charge in [0.2, 0.25) is 0 Å². The smallest absolute Gasteiger partial charge is 0.323 e. The summed E-state index contributed by atoms with van der Waals surface area (Å²) in [6, 6.07) is 7.20. The molecule has 0 aliphatic rings. The van der Waals surface area contributed by atoms with E-state index in [9.17, 15) is 9.59 Å². The molecule has 2 rings (SSSR count). The molecule has 5 heteroatoms. The molecule has 0 aliphatic carbocycles. The van der Waals surface area contributed by atoms with Gasteiger partial charge >= 0.3 is 5.97 Å². The van der Waals surface area contributed by atoms with E-state index in [0.717, 1.165) is 5.39 Å². The molecule has 19 heavy (non-hydrogen) atoms. The third-order valence-corrected chi connectivity index (χ3v) is 2.78. The van der Waals surface area contributed by atoms with Gasteiger partial charge in [-0.2, -0.15) is 0 Å². The Bertz CT molecular complexity index is 630. The van der Waals surface area contributed by atoms with Crippen LogP contribution in [0.1, 0.15) is 10.4 Å². The molecule has 1 aromatic carbocycles. The van der Waals surface area contributed by atoms with Gasteiger partial charge in [0.25, 0.3) is 5.91 Å². The number of carbonyl (C=O) groups excluding carboxylic acids is 1. The molecule has 0 atom stereocenters. The monoisotopic (exact) mass is 258 g/mol. The largest absolute Gasteiger partial charge is 0.480 e. The summed E-state index contributed by atoms with van der Waals surface area (Å²) >= 11 is 0. The van der Waals surface area contributed by atoms with E-state index in [2.05, 4.69) is 11.6 Å². The van der Waals surface area contributed by atoms with Gasteiger partial charge in [0, 0.05) is 18.1 Å². The first-order chi connectivity index (χ1) is 9.13. The van der Waals surface area contributed by atoms with Crippen molar-refractivity contribution in [2.24, 2.45) is 0 Å². The maximum atomic E-state index is 12.4. The van der Waals surface area contributed by atoms with Gasteiger partial charge < -0.3 is 15.0 Å². The Morgan fingerprint density at radius 1 is 1.37 bits per heavy atom. The normalized spacial score (nSPS) is 10.3. The molecule has 0 aliphatic heterocycles. The first-order valence-corrected chi connectivity index (χ1v) is 5.81. The number of rotatable bonds is 5.